The minimum atomic E-state index is -0.853. The molecular weight excluding hydrogens is 426 g/mol. The number of rotatable bonds is 8. The Morgan fingerprint density at radius 2 is 1.88 bits per heavy atom. The van der Waals surface area contributed by atoms with E-state index in [4.69, 9.17) is 0 Å². The molecule has 2 aromatic carbocycles. The van der Waals surface area contributed by atoms with E-state index in [-0.39, 0.29) is 41.4 Å². The van der Waals surface area contributed by atoms with E-state index in [0.717, 1.165) is 37.1 Å². The quantitative estimate of drug-likeness (QED) is 0.563. The highest BCUT2D eigenvalue weighted by molar-refractivity contribution is 5.96. The van der Waals surface area contributed by atoms with Crippen molar-refractivity contribution in [1.82, 2.24) is 15.5 Å². The highest BCUT2D eigenvalue weighted by Gasteiger charge is 2.67. The van der Waals surface area contributed by atoms with Crippen molar-refractivity contribution in [3.05, 3.63) is 65.7 Å². The molecule has 3 aliphatic heterocycles. The third-order valence-electron chi connectivity index (χ3n) is 8.12. The van der Waals surface area contributed by atoms with Crippen molar-refractivity contribution < 1.29 is 14.7 Å². The van der Waals surface area contributed by atoms with Crippen molar-refractivity contribution in [2.75, 3.05) is 6.54 Å². The van der Waals surface area contributed by atoms with E-state index in [2.05, 4.69) is 29.4 Å². The van der Waals surface area contributed by atoms with Crippen molar-refractivity contribution in [3.8, 4) is 5.75 Å². The van der Waals surface area contributed by atoms with Gasteiger partial charge < -0.3 is 15.7 Å². The van der Waals surface area contributed by atoms with Gasteiger partial charge in [-0.05, 0) is 47.9 Å². The number of nitrogens with zero attached hydrogens (tertiary/aromatic N) is 1. The van der Waals surface area contributed by atoms with Gasteiger partial charge in [0.25, 0.3) is 0 Å². The number of aromatic hydroxyl groups is 1. The maximum absolute atomic E-state index is 13.8. The summed E-state index contributed by atoms with van der Waals surface area (Å²) in [6.45, 7) is 6.45. The summed E-state index contributed by atoms with van der Waals surface area (Å²) in [5.74, 6) is 0.980. The Balaban J connectivity index is 1.43. The van der Waals surface area contributed by atoms with Crippen LogP contribution in [0.1, 0.15) is 44.2 Å². The molecule has 4 aliphatic rings. The van der Waals surface area contributed by atoms with E-state index >= 15 is 0 Å². The predicted molar refractivity (Wildman–Crippen MR) is 131 cm³/mol. The molecule has 2 amide bonds. The first-order chi connectivity index (χ1) is 16.4. The van der Waals surface area contributed by atoms with Crippen molar-refractivity contribution in [2.45, 2.75) is 57.8 Å². The van der Waals surface area contributed by atoms with Crippen molar-refractivity contribution >= 4 is 11.8 Å². The van der Waals surface area contributed by atoms with Crippen LogP contribution in [0.15, 0.2) is 54.6 Å². The molecule has 0 radical (unpaired) electrons. The highest BCUT2D eigenvalue weighted by Crippen LogP contribution is 2.54. The average molecular weight is 462 g/mol. The van der Waals surface area contributed by atoms with Gasteiger partial charge in [-0.2, -0.15) is 0 Å². The van der Waals surface area contributed by atoms with Crippen molar-refractivity contribution in [3.63, 3.8) is 0 Å². The third kappa shape index (κ3) is 4.09. The lowest BCUT2D eigenvalue weighted by molar-refractivity contribution is -0.155. The number of carbonyl (C=O) groups is 2. The number of likely N-dealkylation sites (tertiary alicyclic amines) is 1. The van der Waals surface area contributed by atoms with Crippen LogP contribution in [0.4, 0.5) is 0 Å². The molecular formula is C28H35N3O3. The van der Waals surface area contributed by atoms with E-state index < -0.39 is 5.54 Å². The molecule has 2 aromatic rings. The third-order valence-corrected chi connectivity index (χ3v) is 8.12. The van der Waals surface area contributed by atoms with E-state index in [1.54, 1.807) is 12.1 Å². The first kappa shape index (κ1) is 22.9. The fourth-order valence-electron chi connectivity index (χ4n) is 6.60. The maximum atomic E-state index is 13.8. The summed E-state index contributed by atoms with van der Waals surface area (Å²) >= 11 is 0. The topological polar surface area (TPSA) is 81.7 Å². The van der Waals surface area contributed by atoms with Gasteiger partial charge in [0.05, 0.1) is 5.92 Å². The molecule has 3 N–H and O–H groups in total. The number of fused-ring (bicyclic) bond motifs is 1. The monoisotopic (exact) mass is 461 g/mol. The van der Waals surface area contributed by atoms with Crippen LogP contribution < -0.4 is 10.6 Å². The zero-order chi connectivity index (χ0) is 23.9. The first-order valence-corrected chi connectivity index (χ1v) is 12.5. The van der Waals surface area contributed by atoms with Gasteiger partial charge in [-0.15, -0.1) is 0 Å². The first-order valence-electron chi connectivity index (χ1n) is 12.5. The number of hydrogen-bond acceptors (Lipinski definition) is 4. The number of phenolic OH excluding ortho intramolecular Hbond substituents is 1. The number of phenols is 1. The SMILES string of the molecule is CC(C)CC[C@H]1[C@@H]2[C@@H]3C(=O)N[C@@]1(C(=O)NCc1ccccc1)C[C@@H]3CN2Cc1ccc(O)cc1. The summed E-state index contributed by atoms with van der Waals surface area (Å²) in [5.41, 5.74) is 1.32. The Bertz CT molecular complexity index is 1040. The second-order valence-corrected chi connectivity index (χ2v) is 10.8. The molecule has 3 saturated heterocycles. The summed E-state index contributed by atoms with van der Waals surface area (Å²) in [5, 5.41) is 16.1. The summed E-state index contributed by atoms with van der Waals surface area (Å²) in [7, 11) is 0. The van der Waals surface area contributed by atoms with Crippen LogP contribution in [0.25, 0.3) is 0 Å². The molecule has 6 nitrogen and oxygen atoms in total. The van der Waals surface area contributed by atoms with Gasteiger partial charge in [0, 0.05) is 31.6 Å². The molecule has 4 bridgehead atoms. The summed E-state index contributed by atoms with van der Waals surface area (Å²) in [4.78, 5) is 29.5. The highest BCUT2D eigenvalue weighted by atomic mass is 16.3. The number of nitrogens with one attached hydrogen (secondary N) is 2. The zero-order valence-electron chi connectivity index (χ0n) is 20.0. The van der Waals surface area contributed by atoms with Gasteiger partial charge in [-0.1, -0.05) is 62.7 Å². The van der Waals surface area contributed by atoms with Crippen LogP contribution in [-0.2, 0) is 22.7 Å². The Labute approximate surface area is 201 Å². The Morgan fingerprint density at radius 3 is 2.59 bits per heavy atom. The van der Waals surface area contributed by atoms with Crippen LogP contribution in [-0.4, -0.2) is 39.9 Å². The van der Waals surface area contributed by atoms with Crippen molar-refractivity contribution in [1.29, 1.82) is 0 Å². The zero-order valence-corrected chi connectivity index (χ0v) is 20.0. The largest absolute Gasteiger partial charge is 0.508 e. The van der Waals surface area contributed by atoms with Gasteiger partial charge in [-0.25, -0.2) is 0 Å². The van der Waals surface area contributed by atoms with Gasteiger partial charge in [0.15, 0.2) is 0 Å². The average Bonchev–Trinajstić information content (AvgIpc) is 3.12. The minimum Gasteiger partial charge on any atom is -0.508 e. The molecule has 0 spiro atoms. The summed E-state index contributed by atoms with van der Waals surface area (Å²) in [6, 6.07) is 17.3. The predicted octanol–water partition coefficient (Wildman–Crippen LogP) is 3.45. The Hall–Kier alpha value is -2.86. The van der Waals surface area contributed by atoms with E-state index in [1.165, 1.54) is 0 Å². The Kier molecular flexibility index (Phi) is 6.11. The molecule has 6 rings (SSSR count). The Morgan fingerprint density at radius 1 is 1.15 bits per heavy atom. The van der Waals surface area contributed by atoms with E-state index in [0.29, 0.717) is 18.9 Å². The molecule has 34 heavy (non-hydrogen) atoms. The summed E-state index contributed by atoms with van der Waals surface area (Å²) < 4.78 is 0. The number of carbonyl (C=O) groups excluding carboxylic acids is 2. The second kappa shape index (κ2) is 9.06. The molecule has 1 saturated carbocycles. The minimum absolute atomic E-state index is 0.0325. The lowest BCUT2D eigenvalue weighted by atomic mass is 9.57. The van der Waals surface area contributed by atoms with Crippen LogP contribution in [0.5, 0.6) is 5.75 Å². The van der Waals surface area contributed by atoms with Crippen LogP contribution >= 0.6 is 0 Å². The second-order valence-electron chi connectivity index (χ2n) is 10.8. The van der Waals surface area contributed by atoms with Gasteiger partial charge in [0.2, 0.25) is 11.8 Å². The van der Waals surface area contributed by atoms with Gasteiger partial charge in [0.1, 0.15) is 11.3 Å². The normalized spacial score (nSPS) is 29.9. The fourth-order valence-corrected chi connectivity index (χ4v) is 6.60. The summed E-state index contributed by atoms with van der Waals surface area (Å²) in [6.07, 6.45) is 2.64. The van der Waals surface area contributed by atoms with Gasteiger partial charge >= 0.3 is 0 Å². The van der Waals surface area contributed by atoms with Crippen LogP contribution in [0.3, 0.4) is 0 Å². The molecule has 180 valence electrons. The standard InChI is InChI=1S/C28H35N3O3/c1-18(2)8-13-23-25-24-21(17-31(25)16-20-9-11-22(32)12-10-20)14-28(23,30-26(24)33)27(34)29-15-19-6-4-3-5-7-19/h3-7,9-12,18,21,23-25,32H,8,13-17H2,1-2H3,(H,29,34)(H,30,33)/t21-,23+,24-,25-,28+/m1/s1. The van der Waals surface area contributed by atoms with Gasteiger partial charge in [-0.3, -0.25) is 14.5 Å². The molecule has 4 fully saturated rings. The number of piperidine rings is 2. The number of hydrogen-bond donors (Lipinski definition) is 3. The fraction of sp³-hybridized carbons (Fsp3) is 0.500. The molecule has 5 atom stereocenters. The smallest absolute Gasteiger partial charge is 0.246 e. The molecule has 0 aromatic heterocycles. The van der Waals surface area contributed by atoms with Crippen LogP contribution in [0, 0.1) is 23.7 Å². The lowest BCUT2D eigenvalue weighted by Crippen LogP contribution is -2.75. The van der Waals surface area contributed by atoms with E-state index in [1.807, 2.05) is 42.5 Å². The molecule has 1 aliphatic carbocycles. The molecule has 3 heterocycles. The van der Waals surface area contributed by atoms with E-state index in [9.17, 15) is 14.7 Å². The lowest BCUT2D eigenvalue weighted by Gasteiger charge is -2.55. The molecule has 6 heteroatoms. The number of benzene rings is 2. The maximum Gasteiger partial charge on any atom is 0.246 e. The number of amides is 2. The van der Waals surface area contributed by atoms with Crippen LogP contribution in [0.2, 0.25) is 0 Å². The molecule has 0 unspecified atom stereocenters. The van der Waals surface area contributed by atoms with Crippen molar-refractivity contribution in [2.24, 2.45) is 23.7 Å².